The maximum absolute atomic E-state index is 12.5. The van der Waals surface area contributed by atoms with Gasteiger partial charge in [0, 0.05) is 26.7 Å². The van der Waals surface area contributed by atoms with Crippen LogP contribution in [0.3, 0.4) is 0 Å². The molecule has 2 rings (SSSR count). The number of rotatable bonds is 7. The molecule has 0 aromatic heterocycles. The molecule has 7 nitrogen and oxygen atoms in total. The van der Waals surface area contributed by atoms with Crippen LogP contribution < -0.4 is 14.4 Å². The zero-order valence-corrected chi connectivity index (χ0v) is 16.9. The Morgan fingerprint density at radius 2 is 1.56 bits per heavy atom. The lowest BCUT2D eigenvalue weighted by atomic mass is 10.1. The Balaban J connectivity index is 2.08. The highest BCUT2D eigenvalue weighted by Gasteiger charge is 2.21. The van der Waals surface area contributed by atoms with E-state index in [4.69, 9.17) is 4.74 Å². The fraction of sp³-hybridized carbons (Fsp3) is 0.316. The predicted octanol–water partition coefficient (Wildman–Crippen LogP) is 2.43. The second kappa shape index (κ2) is 8.41. The number of hydrogen-bond donors (Lipinski definition) is 1. The van der Waals surface area contributed by atoms with E-state index in [1.807, 2.05) is 31.2 Å². The summed E-state index contributed by atoms with van der Waals surface area (Å²) in [5, 5.41) is 2.93. The van der Waals surface area contributed by atoms with Crippen molar-refractivity contribution in [3.8, 4) is 5.75 Å². The normalized spacial score (nSPS) is 12.5. The number of carbonyl (C=O) groups excluding carboxylic acids is 1. The maximum atomic E-state index is 12.5. The number of anilines is 1. The molecule has 0 bridgehead atoms. The van der Waals surface area contributed by atoms with Gasteiger partial charge in [-0.15, -0.1) is 0 Å². The summed E-state index contributed by atoms with van der Waals surface area (Å²) in [6, 6.07) is 13.7. The van der Waals surface area contributed by atoms with Crippen molar-refractivity contribution in [2.45, 2.75) is 13.0 Å². The first kappa shape index (κ1) is 20.7. The van der Waals surface area contributed by atoms with Crippen LogP contribution in [0.4, 0.5) is 5.69 Å². The molecule has 0 aliphatic rings. The van der Waals surface area contributed by atoms with E-state index in [9.17, 15) is 13.2 Å². The molecule has 0 spiro atoms. The maximum Gasteiger partial charge on any atom is 0.303 e. The number of methoxy groups -OCH3 is 1. The molecule has 8 heteroatoms. The summed E-state index contributed by atoms with van der Waals surface area (Å²) in [4.78, 5) is 12.5. The topological polar surface area (TPSA) is 79.0 Å². The molecule has 1 N–H and O–H groups in total. The first-order valence-electron chi connectivity index (χ1n) is 8.38. The SMILES string of the molecule is COc1ccc(C(C)NC(=O)c2ccc(N(C)S(=O)(=O)N(C)C)cc2)cc1. The Bertz CT molecular complexity index is 878. The molecule has 2 aromatic carbocycles. The summed E-state index contributed by atoms with van der Waals surface area (Å²) >= 11 is 0. The van der Waals surface area contributed by atoms with Gasteiger partial charge in [-0.2, -0.15) is 12.7 Å². The average Bonchev–Trinajstić information content (AvgIpc) is 2.67. The Hall–Kier alpha value is -2.58. The highest BCUT2D eigenvalue weighted by Crippen LogP contribution is 2.20. The molecule has 27 heavy (non-hydrogen) atoms. The zero-order valence-electron chi connectivity index (χ0n) is 16.1. The smallest absolute Gasteiger partial charge is 0.303 e. The third-order valence-corrected chi connectivity index (χ3v) is 6.09. The molecule has 1 amide bonds. The summed E-state index contributed by atoms with van der Waals surface area (Å²) in [6.45, 7) is 1.89. The second-order valence-corrected chi connectivity index (χ2v) is 8.45. The molecular formula is C19H25N3O4S. The summed E-state index contributed by atoms with van der Waals surface area (Å²) in [5.41, 5.74) is 1.88. The van der Waals surface area contributed by atoms with Gasteiger partial charge < -0.3 is 10.1 Å². The van der Waals surface area contributed by atoms with Gasteiger partial charge in [-0.3, -0.25) is 9.10 Å². The Morgan fingerprint density at radius 3 is 2.04 bits per heavy atom. The number of ether oxygens (including phenoxy) is 1. The third kappa shape index (κ3) is 4.78. The van der Waals surface area contributed by atoms with Crippen molar-refractivity contribution in [3.05, 3.63) is 59.7 Å². The molecular weight excluding hydrogens is 366 g/mol. The largest absolute Gasteiger partial charge is 0.497 e. The van der Waals surface area contributed by atoms with E-state index in [0.29, 0.717) is 11.3 Å². The lowest BCUT2D eigenvalue weighted by Gasteiger charge is -2.23. The molecule has 2 aromatic rings. The number of hydrogen-bond acceptors (Lipinski definition) is 4. The van der Waals surface area contributed by atoms with Crippen LogP contribution in [0.15, 0.2) is 48.5 Å². The predicted molar refractivity (Wildman–Crippen MR) is 106 cm³/mol. The molecule has 0 radical (unpaired) electrons. The van der Waals surface area contributed by atoms with E-state index in [1.165, 1.54) is 21.1 Å². The van der Waals surface area contributed by atoms with Crippen molar-refractivity contribution < 1.29 is 17.9 Å². The minimum Gasteiger partial charge on any atom is -0.497 e. The van der Waals surface area contributed by atoms with Gasteiger partial charge >= 0.3 is 10.2 Å². The van der Waals surface area contributed by atoms with Gasteiger partial charge in [0.15, 0.2) is 0 Å². The average molecular weight is 391 g/mol. The van der Waals surface area contributed by atoms with Gasteiger partial charge in [-0.05, 0) is 48.9 Å². The van der Waals surface area contributed by atoms with Crippen LogP contribution in [0, 0.1) is 0 Å². The highest BCUT2D eigenvalue weighted by atomic mass is 32.2. The molecule has 0 fully saturated rings. The standard InChI is InChI=1S/C19H25N3O4S/c1-14(15-8-12-18(26-5)13-9-15)20-19(23)16-6-10-17(11-7-16)22(4)27(24,25)21(2)3/h6-14H,1-5H3,(H,20,23). The molecule has 1 atom stereocenters. The number of carbonyl (C=O) groups is 1. The molecule has 1 unspecified atom stereocenters. The lowest BCUT2D eigenvalue weighted by molar-refractivity contribution is 0.0940. The minimum atomic E-state index is -3.57. The summed E-state index contributed by atoms with van der Waals surface area (Å²) in [6.07, 6.45) is 0. The van der Waals surface area contributed by atoms with Gasteiger partial charge in [0.25, 0.3) is 5.91 Å². The number of amides is 1. The van der Waals surface area contributed by atoms with Gasteiger partial charge in [0.2, 0.25) is 0 Å². The van der Waals surface area contributed by atoms with Gasteiger partial charge in [0.1, 0.15) is 5.75 Å². The van der Waals surface area contributed by atoms with Crippen molar-refractivity contribution in [3.63, 3.8) is 0 Å². The Labute approximate surface area is 160 Å². The molecule has 146 valence electrons. The van der Waals surface area contributed by atoms with Crippen LogP contribution in [0.2, 0.25) is 0 Å². The lowest BCUT2D eigenvalue weighted by Crippen LogP contribution is -2.37. The summed E-state index contributed by atoms with van der Waals surface area (Å²) in [5.74, 6) is 0.521. The third-order valence-electron chi connectivity index (χ3n) is 4.26. The van der Waals surface area contributed by atoms with E-state index >= 15 is 0 Å². The van der Waals surface area contributed by atoms with Crippen molar-refractivity contribution in [2.75, 3.05) is 32.6 Å². The van der Waals surface area contributed by atoms with Crippen molar-refractivity contribution in [2.24, 2.45) is 0 Å². The zero-order chi connectivity index (χ0) is 20.2. The Morgan fingerprint density at radius 1 is 1.00 bits per heavy atom. The van der Waals surface area contributed by atoms with Crippen LogP contribution in [-0.2, 0) is 10.2 Å². The summed E-state index contributed by atoms with van der Waals surface area (Å²) < 4.78 is 31.7. The number of nitrogens with one attached hydrogen (secondary N) is 1. The number of benzene rings is 2. The van der Waals surface area contributed by atoms with E-state index in [-0.39, 0.29) is 11.9 Å². The highest BCUT2D eigenvalue weighted by molar-refractivity contribution is 7.90. The first-order chi connectivity index (χ1) is 12.7. The quantitative estimate of drug-likeness (QED) is 0.786. The van der Waals surface area contributed by atoms with Gasteiger partial charge in [-0.1, -0.05) is 12.1 Å². The van der Waals surface area contributed by atoms with Gasteiger partial charge in [0.05, 0.1) is 18.8 Å². The monoisotopic (exact) mass is 391 g/mol. The van der Waals surface area contributed by atoms with E-state index in [0.717, 1.165) is 19.9 Å². The van der Waals surface area contributed by atoms with Crippen LogP contribution in [0.5, 0.6) is 5.75 Å². The fourth-order valence-corrected chi connectivity index (χ4v) is 3.33. The molecule has 0 saturated carbocycles. The molecule has 0 aliphatic carbocycles. The van der Waals surface area contributed by atoms with Crippen molar-refractivity contribution in [1.29, 1.82) is 0 Å². The van der Waals surface area contributed by atoms with Crippen LogP contribution in [0.25, 0.3) is 0 Å². The van der Waals surface area contributed by atoms with Crippen LogP contribution in [-0.4, -0.2) is 46.9 Å². The van der Waals surface area contributed by atoms with E-state index in [2.05, 4.69) is 5.32 Å². The molecule has 0 heterocycles. The fourth-order valence-electron chi connectivity index (χ4n) is 2.46. The van der Waals surface area contributed by atoms with E-state index < -0.39 is 10.2 Å². The minimum absolute atomic E-state index is 0.181. The molecule has 0 aliphatic heterocycles. The van der Waals surface area contributed by atoms with Gasteiger partial charge in [-0.25, -0.2) is 0 Å². The van der Waals surface area contributed by atoms with Crippen LogP contribution in [0.1, 0.15) is 28.9 Å². The van der Waals surface area contributed by atoms with E-state index in [1.54, 1.807) is 31.4 Å². The summed E-state index contributed by atoms with van der Waals surface area (Å²) in [7, 11) is 2.44. The van der Waals surface area contributed by atoms with Crippen molar-refractivity contribution in [1.82, 2.24) is 9.62 Å². The Kier molecular flexibility index (Phi) is 6.45. The number of nitrogens with zero attached hydrogens (tertiary/aromatic N) is 2. The molecule has 0 saturated heterocycles. The second-order valence-electron chi connectivity index (χ2n) is 6.27. The van der Waals surface area contributed by atoms with Crippen LogP contribution >= 0.6 is 0 Å². The first-order valence-corrected chi connectivity index (χ1v) is 9.77. The van der Waals surface area contributed by atoms with Crippen molar-refractivity contribution >= 4 is 21.8 Å².